The molecule has 0 aliphatic heterocycles. The minimum atomic E-state index is 0.165. The molecule has 0 aromatic heterocycles. The van der Waals surface area contributed by atoms with Crippen molar-refractivity contribution in [3.05, 3.63) is 81.9 Å². The molecule has 140 valence electrons. The highest BCUT2D eigenvalue weighted by molar-refractivity contribution is 6.14. The number of ketones is 1. The number of carbonyl (C=O) groups is 1. The minimum absolute atomic E-state index is 0.165. The Labute approximate surface area is 163 Å². The third kappa shape index (κ3) is 4.86. The highest BCUT2D eigenvalue weighted by Gasteiger charge is 2.34. The fourth-order valence-electron chi connectivity index (χ4n) is 3.78. The van der Waals surface area contributed by atoms with Gasteiger partial charge < -0.3 is 0 Å². The molecule has 27 heavy (non-hydrogen) atoms. The van der Waals surface area contributed by atoms with E-state index in [0.717, 1.165) is 35.1 Å². The number of aryl methyl sites for hydroxylation is 2. The summed E-state index contributed by atoms with van der Waals surface area (Å²) in [6.07, 6.45) is 5.89. The van der Waals surface area contributed by atoms with E-state index in [-0.39, 0.29) is 11.2 Å². The smallest absolute Gasteiger partial charge is 0.185 e. The van der Waals surface area contributed by atoms with Crippen molar-refractivity contribution < 1.29 is 4.79 Å². The maximum absolute atomic E-state index is 13.2. The second-order valence-electron chi connectivity index (χ2n) is 8.97. The third-order valence-electron chi connectivity index (χ3n) is 5.51. The molecule has 0 saturated heterocycles. The van der Waals surface area contributed by atoms with Crippen molar-refractivity contribution >= 4 is 17.9 Å². The molecule has 0 unspecified atom stereocenters. The van der Waals surface area contributed by atoms with Crippen molar-refractivity contribution in [3.8, 4) is 0 Å². The molecule has 0 radical (unpaired) electrons. The first-order valence-electron chi connectivity index (χ1n) is 9.81. The van der Waals surface area contributed by atoms with Crippen LogP contribution in [-0.2, 0) is 4.79 Å². The molecule has 1 aliphatic rings. The summed E-state index contributed by atoms with van der Waals surface area (Å²) < 4.78 is 0. The van der Waals surface area contributed by atoms with Crippen molar-refractivity contribution in [2.75, 3.05) is 0 Å². The van der Waals surface area contributed by atoms with Crippen LogP contribution in [0.15, 0.2) is 59.7 Å². The van der Waals surface area contributed by atoms with Crippen LogP contribution in [0.2, 0.25) is 0 Å². The Morgan fingerprint density at radius 2 is 1.26 bits per heavy atom. The molecule has 2 aromatic rings. The molecule has 1 saturated carbocycles. The normalized spacial score (nSPS) is 21.1. The Morgan fingerprint density at radius 1 is 0.815 bits per heavy atom. The Balaban J connectivity index is 2.02. The summed E-state index contributed by atoms with van der Waals surface area (Å²) in [5, 5.41) is 0. The Hall–Kier alpha value is -2.41. The van der Waals surface area contributed by atoms with Crippen LogP contribution in [-0.4, -0.2) is 5.78 Å². The average molecular weight is 359 g/mol. The summed E-state index contributed by atoms with van der Waals surface area (Å²) >= 11 is 0. The second kappa shape index (κ2) is 7.68. The van der Waals surface area contributed by atoms with Gasteiger partial charge in [0.15, 0.2) is 5.78 Å². The van der Waals surface area contributed by atoms with Gasteiger partial charge in [-0.2, -0.15) is 0 Å². The summed E-state index contributed by atoms with van der Waals surface area (Å²) in [7, 11) is 0. The summed E-state index contributed by atoms with van der Waals surface area (Å²) in [6.45, 7) is 11.0. The number of benzene rings is 2. The first-order chi connectivity index (χ1) is 12.7. The lowest BCUT2D eigenvalue weighted by molar-refractivity contribution is -0.113. The molecule has 3 rings (SSSR count). The largest absolute Gasteiger partial charge is 0.289 e. The van der Waals surface area contributed by atoms with Gasteiger partial charge in [-0.3, -0.25) is 4.79 Å². The molecule has 0 N–H and O–H groups in total. The van der Waals surface area contributed by atoms with Crippen molar-refractivity contribution in [1.29, 1.82) is 0 Å². The molecule has 1 fully saturated rings. The van der Waals surface area contributed by atoms with Crippen LogP contribution in [0.4, 0.5) is 0 Å². The van der Waals surface area contributed by atoms with Crippen molar-refractivity contribution in [1.82, 2.24) is 0 Å². The van der Waals surface area contributed by atoms with Gasteiger partial charge in [0.05, 0.1) is 0 Å². The number of hydrogen-bond acceptors (Lipinski definition) is 1. The monoisotopic (exact) mass is 358 g/mol. The van der Waals surface area contributed by atoms with Crippen LogP contribution < -0.4 is 0 Å². The minimum Gasteiger partial charge on any atom is -0.289 e. The predicted molar refractivity (Wildman–Crippen MR) is 115 cm³/mol. The standard InChI is InChI=1S/C26H30O/c1-18-8-6-10-20(12-18)14-22-16-24(26(3,4)5)17-23(25(22)27)15-21-11-7-9-19(2)13-21/h6-15,24H,16-17H2,1-5H3/b22-14+,23-15+. The molecule has 1 heteroatoms. The van der Waals surface area contributed by atoms with Crippen LogP contribution in [0.1, 0.15) is 55.9 Å². The average Bonchev–Trinajstić information content (AvgIpc) is 2.57. The number of allylic oxidation sites excluding steroid dienone is 2. The van der Waals surface area contributed by atoms with Gasteiger partial charge in [0.1, 0.15) is 0 Å². The van der Waals surface area contributed by atoms with Crippen LogP contribution in [0.25, 0.3) is 12.2 Å². The zero-order valence-electron chi connectivity index (χ0n) is 17.2. The first kappa shape index (κ1) is 19.4. The quantitative estimate of drug-likeness (QED) is 0.540. The highest BCUT2D eigenvalue weighted by Crippen LogP contribution is 2.42. The van der Waals surface area contributed by atoms with Gasteiger partial charge in [0, 0.05) is 11.1 Å². The van der Waals surface area contributed by atoms with Crippen molar-refractivity contribution in [3.63, 3.8) is 0 Å². The van der Waals surface area contributed by atoms with E-state index in [2.05, 4.69) is 95.3 Å². The van der Waals surface area contributed by atoms with Gasteiger partial charge in [-0.25, -0.2) is 0 Å². The molecule has 2 aromatic carbocycles. The summed E-state index contributed by atoms with van der Waals surface area (Å²) in [5.41, 5.74) is 6.70. The van der Waals surface area contributed by atoms with Crippen molar-refractivity contribution in [2.45, 2.75) is 47.5 Å². The highest BCUT2D eigenvalue weighted by atomic mass is 16.1. The Bertz CT molecular complexity index is 838. The van der Waals surface area contributed by atoms with Crippen LogP contribution in [0.5, 0.6) is 0 Å². The zero-order chi connectivity index (χ0) is 19.6. The van der Waals surface area contributed by atoms with Gasteiger partial charge in [-0.05, 0) is 61.3 Å². The lowest BCUT2D eigenvalue weighted by Crippen LogP contribution is -2.29. The van der Waals surface area contributed by atoms with E-state index in [1.165, 1.54) is 11.1 Å². The molecular formula is C26H30O. The molecule has 0 spiro atoms. The van der Waals surface area contributed by atoms with Gasteiger partial charge >= 0.3 is 0 Å². The number of hydrogen-bond donors (Lipinski definition) is 0. The van der Waals surface area contributed by atoms with Gasteiger partial charge in [-0.15, -0.1) is 0 Å². The molecule has 0 bridgehead atoms. The number of carbonyl (C=O) groups excluding carboxylic acids is 1. The molecule has 0 amide bonds. The SMILES string of the molecule is Cc1cccc(/C=C2\CC(C(C)(C)C)C/C(=C\c3cccc(C)c3)C2=O)c1. The second-order valence-corrected chi connectivity index (χ2v) is 8.97. The van der Waals surface area contributed by atoms with Crippen LogP contribution in [0, 0.1) is 25.2 Å². The zero-order valence-corrected chi connectivity index (χ0v) is 17.2. The van der Waals surface area contributed by atoms with Gasteiger partial charge in [-0.1, -0.05) is 80.4 Å². The Morgan fingerprint density at radius 3 is 1.63 bits per heavy atom. The van der Waals surface area contributed by atoms with Gasteiger partial charge in [0.25, 0.3) is 0 Å². The van der Waals surface area contributed by atoms with Crippen LogP contribution >= 0.6 is 0 Å². The molecule has 0 heterocycles. The topological polar surface area (TPSA) is 17.1 Å². The molecular weight excluding hydrogens is 328 g/mol. The van der Waals surface area contributed by atoms with E-state index in [4.69, 9.17) is 0 Å². The van der Waals surface area contributed by atoms with E-state index in [0.29, 0.717) is 5.92 Å². The fourth-order valence-corrected chi connectivity index (χ4v) is 3.78. The first-order valence-corrected chi connectivity index (χ1v) is 9.81. The number of rotatable bonds is 2. The lowest BCUT2D eigenvalue weighted by Gasteiger charge is -2.35. The predicted octanol–water partition coefficient (Wildman–Crippen LogP) is 6.80. The molecule has 1 aliphatic carbocycles. The van der Waals surface area contributed by atoms with E-state index < -0.39 is 0 Å². The Kier molecular flexibility index (Phi) is 5.51. The summed E-state index contributed by atoms with van der Waals surface area (Å²) in [6, 6.07) is 16.7. The lowest BCUT2D eigenvalue weighted by atomic mass is 9.68. The fraction of sp³-hybridized carbons (Fsp3) is 0.346. The summed E-state index contributed by atoms with van der Waals surface area (Å²) in [5.74, 6) is 0.667. The molecule has 1 nitrogen and oxygen atoms in total. The van der Waals surface area contributed by atoms with Crippen LogP contribution in [0.3, 0.4) is 0 Å². The van der Waals surface area contributed by atoms with E-state index in [1.807, 2.05) is 0 Å². The maximum Gasteiger partial charge on any atom is 0.185 e. The van der Waals surface area contributed by atoms with Gasteiger partial charge in [0.2, 0.25) is 0 Å². The van der Waals surface area contributed by atoms with E-state index >= 15 is 0 Å². The maximum atomic E-state index is 13.2. The summed E-state index contributed by atoms with van der Waals surface area (Å²) in [4.78, 5) is 13.2. The van der Waals surface area contributed by atoms with E-state index in [9.17, 15) is 4.79 Å². The van der Waals surface area contributed by atoms with Crippen molar-refractivity contribution in [2.24, 2.45) is 11.3 Å². The van der Waals surface area contributed by atoms with E-state index in [1.54, 1.807) is 0 Å². The molecule has 0 atom stereocenters. The third-order valence-corrected chi connectivity index (χ3v) is 5.51. The number of Topliss-reactive ketones (excluding diaryl/α,β-unsaturated/α-hetero) is 1.